The summed E-state index contributed by atoms with van der Waals surface area (Å²) < 4.78 is 13.0. The number of nitrogens with one attached hydrogen (secondary N) is 1. The Morgan fingerprint density at radius 3 is 2.55 bits per heavy atom. The van der Waals surface area contributed by atoms with E-state index in [1.54, 1.807) is 0 Å². The molecule has 1 saturated heterocycles. The lowest BCUT2D eigenvalue weighted by Gasteiger charge is -2.16. The third kappa shape index (κ3) is 2.70. The van der Waals surface area contributed by atoms with Gasteiger partial charge in [-0.05, 0) is 48.9 Å². The highest BCUT2D eigenvalue weighted by Crippen LogP contribution is 2.25. The van der Waals surface area contributed by atoms with Crippen LogP contribution in [0.1, 0.15) is 12.0 Å². The molecule has 1 heterocycles. The van der Waals surface area contributed by atoms with Crippen LogP contribution in [0.5, 0.6) is 0 Å². The number of hydrogen-bond donors (Lipinski definition) is 1. The molecule has 0 radical (unpaired) electrons. The molecule has 4 nitrogen and oxygen atoms in total. The van der Waals surface area contributed by atoms with Crippen molar-refractivity contribution in [3.05, 3.63) is 59.9 Å². The first-order valence-electron chi connectivity index (χ1n) is 7.00. The molecule has 1 aliphatic heterocycles. The Labute approximate surface area is 127 Å². The van der Waals surface area contributed by atoms with Gasteiger partial charge in [0.2, 0.25) is 5.91 Å². The fourth-order valence-corrected chi connectivity index (χ4v) is 2.54. The number of hydrogen-bond acceptors (Lipinski definition) is 3. The number of halogens is 1. The van der Waals surface area contributed by atoms with Crippen molar-refractivity contribution < 1.29 is 14.0 Å². The first-order chi connectivity index (χ1) is 10.5. The molecule has 0 unspecified atom stereocenters. The van der Waals surface area contributed by atoms with Crippen molar-refractivity contribution in [3.63, 3.8) is 0 Å². The van der Waals surface area contributed by atoms with E-state index in [0.717, 1.165) is 16.2 Å². The number of rotatable bonds is 3. The molecule has 2 aromatic rings. The van der Waals surface area contributed by atoms with Crippen LogP contribution < -0.4 is 10.2 Å². The Kier molecular flexibility index (Phi) is 3.63. The second kappa shape index (κ2) is 5.60. The number of carbonyl (C=O) groups excluding carboxylic acids is 2. The second-order valence-corrected chi connectivity index (χ2v) is 5.31. The molecule has 2 amide bonds. The normalized spacial score (nSPS) is 17.9. The van der Waals surface area contributed by atoms with Gasteiger partial charge in [-0.1, -0.05) is 12.1 Å². The van der Waals surface area contributed by atoms with Gasteiger partial charge in [-0.3, -0.25) is 9.59 Å². The van der Waals surface area contributed by atoms with Crippen LogP contribution in [0.25, 0.3) is 0 Å². The van der Waals surface area contributed by atoms with Crippen molar-refractivity contribution in [1.29, 1.82) is 0 Å². The standard InChI is InChI=1S/C17H15FN2O2/c1-11-3-2-4-13(9-11)19-15-10-16(21)20(17(15)22)14-7-5-12(18)6-8-14/h2-9,15,19H,10H2,1H3/t15-/m0/s1. The van der Waals surface area contributed by atoms with E-state index in [1.165, 1.54) is 24.3 Å². The molecule has 0 aliphatic carbocycles. The summed E-state index contributed by atoms with van der Waals surface area (Å²) in [6.45, 7) is 1.96. The molecule has 3 rings (SSSR count). The second-order valence-electron chi connectivity index (χ2n) is 5.31. The van der Waals surface area contributed by atoms with E-state index in [4.69, 9.17) is 0 Å². The van der Waals surface area contributed by atoms with Crippen molar-refractivity contribution in [1.82, 2.24) is 0 Å². The van der Waals surface area contributed by atoms with Gasteiger partial charge in [0.05, 0.1) is 12.1 Å². The molecule has 1 aliphatic rings. The van der Waals surface area contributed by atoms with Crippen molar-refractivity contribution in [3.8, 4) is 0 Å². The maximum Gasteiger partial charge on any atom is 0.256 e. The van der Waals surface area contributed by atoms with Crippen molar-refractivity contribution >= 4 is 23.2 Å². The minimum absolute atomic E-state index is 0.0875. The number of imide groups is 1. The quantitative estimate of drug-likeness (QED) is 0.886. The van der Waals surface area contributed by atoms with Crippen LogP contribution in [0.4, 0.5) is 15.8 Å². The van der Waals surface area contributed by atoms with Gasteiger partial charge in [0.1, 0.15) is 11.9 Å². The van der Waals surface area contributed by atoms with Crippen LogP contribution in [0.2, 0.25) is 0 Å². The number of benzene rings is 2. The van der Waals surface area contributed by atoms with E-state index in [2.05, 4.69) is 5.32 Å². The molecule has 5 heteroatoms. The lowest BCUT2D eigenvalue weighted by molar-refractivity contribution is -0.121. The minimum Gasteiger partial charge on any atom is -0.373 e. The van der Waals surface area contributed by atoms with Gasteiger partial charge in [-0.15, -0.1) is 0 Å². The van der Waals surface area contributed by atoms with Crippen LogP contribution in [0.3, 0.4) is 0 Å². The molecule has 0 saturated carbocycles. The molecule has 0 bridgehead atoms. The highest BCUT2D eigenvalue weighted by molar-refractivity contribution is 6.23. The molecular formula is C17H15FN2O2. The van der Waals surface area contributed by atoms with Crippen LogP contribution in [-0.4, -0.2) is 17.9 Å². The summed E-state index contributed by atoms with van der Waals surface area (Å²) in [7, 11) is 0. The Balaban J connectivity index is 1.81. The molecule has 22 heavy (non-hydrogen) atoms. The Morgan fingerprint density at radius 2 is 1.86 bits per heavy atom. The summed E-state index contributed by atoms with van der Waals surface area (Å²) in [6, 6.07) is 12.3. The van der Waals surface area contributed by atoms with Gasteiger partial charge < -0.3 is 5.32 Å². The van der Waals surface area contributed by atoms with Crippen molar-refractivity contribution in [2.45, 2.75) is 19.4 Å². The molecular weight excluding hydrogens is 283 g/mol. The van der Waals surface area contributed by atoms with Gasteiger partial charge in [0.15, 0.2) is 0 Å². The number of aryl methyl sites for hydroxylation is 1. The van der Waals surface area contributed by atoms with Crippen molar-refractivity contribution in [2.24, 2.45) is 0 Å². The highest BCUT2D eigenvalue weighted by Gasteiger charge is 2.39. The first-order valence-corrected chi connectivity index (χ1v) is 7.00. The van der Waals surface area contributed by atoms with Crippen LogP contribution in [-0.2, 0) is 9.59 Å². The summed E-state index contributed by atoms with van der Waals surface area (Å²) in [6.07, 6.45) is 0.0875. The van der Waals surface area contributed by atoms with Crippen LogP contribution >= 0.6 is 0 Å². The number of carbonyl (C=O) groups is 2. The third-order valence-corrected chi connectivity index (χ3v) is 3.59. The van der Waals surface area contributed by atoms with Crippen molar-refractivity contribution in [2.75, 3.05) is 10.2 Å². The zero-order valence-electron chi connectivity index (χ0n) is 12.0. The van der Waals surface area contributed by atoms with Crippen LogP contribution in [0.15, 0.2) is 48.5 Å². The lowest BCUT2D eigenvalue weighted by Crippen LogP contribution is -2.34. The summed E-state index contributed by atoms with van der Waals surface area (Å²) in [5.41, 5.74) is 2.26. The Morgan fingerprint density at radius 1 is 1.14 bits per heavy atom. The summed E-state index contributed by atoms with van der Waals surface area (Å²) in [4.78, 5) is 25.7. The fraction of sp³-hybridized carbons (Fsp3) is 0.176. The maximum atomic E-state index is 13.0. The highest BCUT2D eigenvalue weighted by atomic mass is 19.1. The number of nitrogens with zero attached hydrogens (tertiary/aromatic N) is 1. The third-order valence-electron chi connectivity index (χ3n) is 3.59. The average molecular weight is 298 g/mol. The SMILES string of the molecule is Cc1cccc(N[C@H]2CC(=O)N(c3ccc(F)cc3)C2=O)c1. The first kappa shape index (κ1) is 14.3. The molecule has 0 aromatic heterocycles. The van der Waals surface area contributed by atoms with Gasteiger partial charge in [-0.25, -0.2) is 9.29 Å². The number of anilines is 2. The van der Waals surface area contributed by atoms with Gasteiger partial charge in [-0.2, -0.15) is 0 Å². The molecule has 2 aromatic carbocycles. The maximum absolute atomic E-state index is 13.0. The lowest BCUT2D eigenvalue weighted by atomic mass is 10.2. The predicted octanol–water partition coefficient (Wildman–Crippen LogP) is 2.88. The zero-order chi connectivity index (χ0) is 15.7. The zero-order valence-corrected chi connectivity index (χ0v) is 12.0. The predicted molar refractivity (Wildman–Crippen MR) is 82.1 cm³/mol. The van der Waals surface area contributed by atoms with Gasteiger partial charge >= 0.3 is 0 Å². The Bertz CT molecular complexity index is 728. The van der Waals surface area contributed by atoms with E-state index in [0.29, 0.717) is 5.69 Å². The van der Waals surface area contributed by atoms with E-state index in [1.807, 2.05) is 31.2 Å². The smallest absolute Gasteiger partial charge is 0.256 e. The van der Waals surface area contributed by atoms with E-state index in [-0.39, 0.29) is 18.2 Å². The molecule has 0 spiro atoms. The van der Waals surface area contributed by atoms with E-state index < -0.39 is 11.9 Å². The van der Waals surface area contributed by atoms with E-state index >= 15 is 0 Å². The topological polar surface area (TPSA) is 49.4 Å². The monoisotopic (exact) mass is 298 g/mol. The summed E-state index contributed by atoms with van der Waals surface area (Å²) in [5.74, 6) is -1.02. The number of amides is 2. The van der Waals surface area contributed by atoms with Gasteiger partial charge in [0.25, 0.3) is 5.91 Å². The molecule has 1 N–H and O–H groups in total. The summed E-state index contributed by atoms with van der Waals surface area (Å²) in [5, 5.41) is 3.09. The summed E-state index contributed by atoms with van der Waals surface area (Å²) >= 11 is 0. The molecule has 1 fully saturated rings. The fourth-order valence-electron chi connectivity index (χ4n) is 2.54. The molecule has 1 atom stereocenters. The van der Waals surface area contributed by atoms with Gasteiger partial charge in [0, 0.05) is 5.69 Å². The Hall–Kier alpha value is -2.69. The van der Waals surface area contributed by atoms with E-state index in [9.17, 15) is 14.0 Å². The van der Waals surface area contributed by atoms with Crippen LogP contribution in [0, 0.1) is 12.7 Å². The minimum atomic E-state index is -0.598. The largest absolute Gasteiger partial charge is 0.373 e. The molecule has 112 valence electrons. The average Bonchev–Trinajstić information content (AvgIpc) is 2.75.